The smallest absolute Gasteiger partial charge is 0.407 e. The molecule has 0 radical (unpaired) electrons. The van der Waals surface area contributed by atoms with E-state index in [0.717, 1.165) is 0 Å². The van der Waals surface area contributed by atoms with Gasteiger partial charge in [-0.25, -0.2) is 4.79 Å². The standard InChI is InChI=1S/C14H17BrN2O4/c1-2-9-20-14(19)16-10-5-7-17(8-6-10)13(18)11-3-4-12(15)21-11/h2-4,10H,1,5-9H2,(H,16,19). The minimum atomic E-state index is -0.449. The lowest BCUT2D eigenvalue weighted by Gasteiger charge is -2.31. The molecule has 0 aliphatic carbocycles. The van der Waals surface area contributed by atoms with Crippen LogP contribution in [0.2, 0.25) is 0 Å². The summed E-state index contributed by atoms with van der Waals surface area (Å²) in [5.41, 5.74) is 0. The molecule has 7 heteroatoms. The first-order valence-electron chi connectivity index (χ1n) is 6.69. The highest BCUT2D eigenvalue weighted by Crippen LogP contribution is 2.18. The lowest BCUT2D eigenvalue weighted by molar-refractivity contribution is 0.0670. The Bertz CT molecular complexity index is 521. The Kier molecular flexibility index (Phi) is 5.44. The van der Waals surface area contributed by atoms with Gasteiger partial charge in [0.25, 0.3) is 5.91 Å². The monoisotopic (exact) mass is 356 g/mol. The number of alkyl carbamates (subject to hydrolysis) is 1. The van der Waals surface area contributed by atoms with Crippen LogP contribution >= 0.6 is 15.9 Å². The summed E-state index contributed by atoms with van der Waals surface area (Å²) < 4.78 is 10.7. The number of carbonyl (C=O) groups excluding carboxylic acids is 2. The van der Waals surface area contributed by atoms with Crippen LogP contribution in [-0.4, -0.2) is 42.6 Å². The maximum Gasteiger partial charge on any atom is 0.407 e. The van der Waals surface area contributed by atoms with Crippen LogP contribution in [0.4, 0.5) is 4.79 Å². The maximum absolute atomic E-state index is 12.2. The molecule has 2 amide bonds. The van der Waals surface area contributed by atoms with Gasteiger partial charge in [0.2, 0.25) is 0 Å². The molecule has 1 saturated heterocycles. The van der Waals surface area contributed by atoms with Crippen LogP contribution in [0, 0.1) is 0 Å². The van der Waals surface area contributed by atoms with E-state index in [0.29, 0.717) is 36.4 Å². The number of nitrogens with zero attached hydrogens (tertiary/aromatic N) is 1. The molecule has 21 heavy (non-hydrogen) atoms. The molecule has 0 unspecified atom stereocenters. The Labute approximate surface area is 131 Å². The van der Waals surface area contributed by atoms with Gasteiger partial charge in [0.15, 0.2) is 10.4 Å². The van der Waals surface area contributed by atoms with Gasteiger partial charge in [-0.3, -0.25) is 4.79 Å². The summed E-state index contributed by atoms with van der Waals surface area (Å²) in [5.74, 6) is 0.187. The van der Waals surface area contributed by atoms with Crippen molar-refractivity contribution in [2.75, 3.05) is 19.7 Å². The van der Waals surface area contributed by atoms with Crippen LogP contribution in [0.3, 0.4) is 0 Å². The Morgan fingerprint density at radius 2 is 2.19 bits per heavy atom. The van der Waals surface area contributed by atoms with Crippen LogP contribution in [0.5, 0.6) is 0 Å². The number of halogens is 1. The molecule has 1 aliphatic heterocycles. The quantitative estimate of drug-likeness (QED) is 0.841. The summed E-state index contributed by atoms with van der Waals surface area (Å²) in [6, 6.07) is 3.36. The highest BCUT2D eigenvalue weighted by molar-refractivity contribution is 9.10. The van der Waals surface area contributed by atoms with Crippen molar-refractivity contribution in [1.82, 2.24) is 10.2 Å². The number of hydrogen-bond donors (Lipinski definition) is 1. The maximum atomic E-state index is 12.2. The molecule has 2 rings (SSSR count). The summed E-state index contributed by atoms with van der Waals surface area (Å²) in [7, 11) is 0. The molecule has 0 saturated carbocycles. The van der Waals surface area contributed by atoms with Crippen molar-refractivity contribution in [3.63, 3.8) is 0 Å². The fourth-order valence-electron chi connectivity index (χ4n) is 2.15. The number of ether oxygens (including phenoxy) is 1. The zero-order valence-corrected chi connectivity index (χ0v) is 13.1. The van der Waals surface area contributed by atoms with Crippen molar-refractivity contribution in [2.24, 2.45) is 0 Å². The Hall–Kier alpha value is -1.76. The number of piperidine rings is 1. The van der Waals surface area contributed by atoms with Gasteiger partial charge in [-0.15, -0.1) is 0 Å². The van der Waals surface area contributed by atoms with Gasteiger partial charge in [0.05, 0.1) is 0 Å². The predicted molar refractivity (Wildman–Crippen MR) is 80.0 cm³/mol. The molecular formula is C14H17BrN2O4. The highest BCUT2D eigenvalue weighted by Gasteiger charge is 2.26. The average molecular weight is 357 g/mol. The number of carbonyl (C=O) groups is 2. The molecular weight excluding hydrogens is 340 g/mol. The second-order valence-corrected chi connectivity index (χ2v) is 5.48. The van der Waals surface area contributed by atoms with Gasteiger partial charge < -0.3 is 19.4 Å². The third kappa shape index (κ3) is 4.35. The number of furan rings is 1. The molecule has 0 aromatic carbocycles. The molecule has 1 N–H and O–H groups in total. The minimum absolute atomic E-state index is 0.0229. The summed E-state index contributed by atoms with van der Waals surface area (Å²) in [5, 5.41) is 2.78. The minimum Gasteiger partial charge on any atom is -0.445 e. The zero-order chi connectivity index (χ0) is 15.2. The summed E-state index contributed by atoms with van der Waals surface area (Å²) in [6.45, 7) is 4.81. The number of rotatable bonds is 4. The van der Waals surface area contributed by atoms with E-state index in [9.17, 15) is 9.59 Å². The molecule has 1 aliphatic rings. The van der Waals surface area contributed by atoms with Gasteiger partial charge in [-0.2, -0.15) is 0 Å². The van der Waals surface area contributed by atoms with E-state index in [-0.39, 0.29) is 18.6 Å². The fourth-order valence-corrected chi connectivity index (χ4v) is 2.46. The lowest BCUT2D eigenvalue weighted by atomic mass is 10.1. The Morgan fingerprint density at radius 3 is 2.76 bits per heavy atom. The van der Waals surface area contributed by atoms with Crippen molar-refractivity contribution in [2.45, 2.75) is 18.9 Å². The molecule has 6 nitrogen and oxygen atoms in total. The van der Waals surface area contributed by atoms with E-state index in [1.807, 2.05) is 0 Å². The number of nitrogens with one attached hydrogen (secondary N) is 1. The van der Waals surface area contributed by atoms with Crippen molar-refractivity contribution in [3.8, 4) is 0 Å². The lowest BCUT2D eigenvalue weighted by Crippen LogP contribution is -2.46. The second-order valence-electron chi connectivity index (χ2n) is 4.70. The molecule has 1 fully saturated rings. The molecule has 0 spiro atoms. The molecule has 1 aromatic rings. The normalized spacial score (nSPS) is 15.6. The van der Waals surface area contributed by atoms with Gasteiger partial charge in [0, 0.05) is 19.1 Å². The van der Waals surface area contributed by atoms with Crippen molar-refractivity contribution in [3.05, 3.63) is 35.2 Å². The molecule has 1 aromatic heterocycles. The van der Waals surface area contributed by atoms with E-state index < -0.39 is 6.09 Å². The van der Waals surface area contributed by atoms with Gasteiger partial charge in [-0.05, 0) is 40.9 Å². The number of likely N-dealkylation sites (tertiary alicyclic amines) is 1. The SMILES string of the molecule is C=CCOC(=O)NC1CCN(C(=O)c2ccc(Br)o2)CC1. The predicted octanol–water partition coefficient (Wildman–Crippen LogP) is 2.56. The zero-order valence-electron chi connectivity index (χ0n) is 11.5. The largest absolute Gasteiger partial charge is 0.445 e. The summed E-state index contributed by atoms with van der Waals surface area (Å²) in [6.07, 6.45) is 2.45. The van der Waals surface area contributed by atoms with Crippen LogP contribution in [-0.2, 0) is 4.74 Å². The highest BCUT2D eigenvalue weighted by atomic mass is 79.9. The first-order valence-corrected chi connectivity index (χ1v) is 7.48. The van der Waals surface area contributed by atoms with E-state index >= 15 is 0 Å². The summed E-state index contributed by atoms with van der Waals surface area (Å²) >= 11 is 3.18. The average Bonchev–Trinajstić information content (AvgIpc) is 2.92. The Balaban J connectivity index is 1.79. The van der Waals surface area contributed by atoms with Crippen LogP contribution in [0.1, 0.15) is 23.4 Å². The van der Waals surface area contributed by atoms with Gasteiger partial charge in [0.1, 0.15) is 6.61 Å². The van der Waals surface area contributed by atoms with Crippen LogP contribution < -0.4 is 5.32 Å². The molecule has 0 bridgehead atoms. The topological polar surface area (TPSA) is 71.8 Å². The van der Waals surface area contributed by atoms with E-state index in [1.54, 1.807) is 17.0 Å². The molecule has 0 atom stereocenters. The van der Waals surface area contributed by atoms with Crippen molar-refractivity contribution < 1.29 is 18.7 Å². The summed E-state index contributed by atoms with van der Waals surface area (Å²) in [4.78, 5) is 25.3. The van der Waals surface area contributed by atoms with E-state index in [4.69, 9.17) is 9.15 Å². The van der Waals surface area contributed by atoms with Crippen LogP contribution in [0.25, 0.3) is 0 Å². The second kappa shape index (κ2) is 7.31. The number of amides is 2. The molecule has 2 heterocycles. The molecule has 114 valence electrons. The van der Waals surface area contributed by atoms with E-state index in [2.05, 4.69) is 27.8 Å². The van der Waals surface area contributed by atoms with Crippen LogP contribution in [0.15, 0.2) is 33.9 Å². The third-order valence-corrected chi connectivity index (χ3v) is 3.65. The van der Waals surface area contributed by atoms with Crippen molar-refractivity contribution in [1.29, 1.82) is 0 Å². The van der Waals surface area contributed by atoms with E-state index in [1.165, 1.54) is 6.08 Å². The fraction of sp³-hybridized carbons (Fsp3) is 0.429. The third-order valence-electron chi connectivity index (χ3n) is 3.22. The van der Waals surface area contributed by atoms with Crippen molar-refractivity contribution >= 4 is 27.9 Å². The Morgan fingerprint density at radius 1 is 1.48 bits per heavy atom. The first-order chi connectivity index (χ1) is 10.1. The van der Waals surface area contributed by atoms with Gasteiger partial charge >= 0.3 is 6.09 Å². The number of hydrogen-bond acceptors (Lipinski definition) is 4. The first kappa shape index (κ1) is 15.6. The van der Waals surface area contributed by atoms with Gasteiger partial charge in [-0.1, -0.05) is 12.7 Å².